The molecule has 0 atom stereocenters. The number of rotatable bonds is 3. The summed E-state index contributed by atoms with van der Waals surface area (Å²) in [4.78, 5) is 25.3. The first-order valence-corrected chi connectivity index (χ1v) is 10.3. The number of anilines is 1. The zero-order chi connectivity index (χ0) is 21.5. The maximum atomic E-state index is 12.8. The number of aryl methyl sites for hydroxylation is 4. The van der Waals surface area contributed by atoms with E-state index in [0.717, 1.165) is 36.0 Å². The van der Waals surface area contributed by atoms with Crippen LogP contribution in [0.5, 0.6) is 0 Å². The van der Waals surface area contributed by atoms with Crippen molar-refractivity contribution in [1.29, 1.82) is 0 Å². The van der Waals surface area contributed by atoms with Crippen LogP contribution in [0.15, 0.2) is 50.2 Å². The lowest BCUT2D eigenvalue weighted by Gasteiger charge is -2.16. The summed E-state index contributed by atoms with van der Waals surface area (Å²) in [6.45, 7) is 3.85. The SMILES string of the molecule is Cc1cc2oc(C(=O)Nc3nonc3-c3ccc4c(c3)CCCC4)cc(=O)c2cc1C. The number of carbonyl (C=O) groups is 1. The van der Waals surface area contributed by atoms with Gasteiger partial charge in [0.05, 0.1) is 5.39 Å². The average molecular weight is 415 g/mol. The minimum Gasteiger partial charge on any atom is -0.451 e. The molecule has 31 heavy (non-hydrogen) atoms. The second-order valence-electron chi connectivity index (χ2n) is 8.01. The highest BCUT2D eigenvalue weighted by molar-refractivity contribution is 6.04. The van der Waals surface area contributed by atoms with E-state index < -0.39 is 5.91 Å². The van der Waals surface area contributed by atoms with E-state index in [1.807, 2.05) is 19.9 Å². The van der Waals surface area contributed by atoms with Gasteiger partial charge < -0.3 is 4.42 Å². The minimum atomic E-state index is -0.591. The molecule has 5 rings (SSSR count). The van der Waals surface area contributed by atoms with Crippen LogP contribution in [0.2, 0.25) is 0 Å². The predicted octanol–water partition coefficient (Wildman–Crippen LogP) is 4.59. The van der Waals surface area contributed by atoms with Crippen molar-refractivity contribution in [2.24, 2.45) is 0 Å². The first-order chi connectivity index (χ1) is 15.0. The molecule has 7 nitrogen and oxygen atoms in total. The fourth-order valence-electron chi connectivity index (χ4n) is 4.03. The van der Waals surface area contributed by atoms with Crippen molar-refractivity contribution in [2.45, 2.75) is 39.5 Å². The quantitative estimate of drug-likeness (QED) is 0.525. The molecule has 0 saturated heterocycles. The van der Waals surface area contributed by atoms with Gasteiger partial charge >= 0.3 is 0 Å². The summed E-state index contributed by atoms with van der Waals surface area (Å²) in [5, 5.41) is 10.9. The van der Waals surface area contributed by atoms with Gasteiger partial charge in [-0.05, 0) is 90.3 Å². The number of benzene rings is 2. The van der Waals surface area contributed by atoms with Gasteiger partial charge in [-0.3, -0.25) is 14.9 Å². The molecule has 0 aliphatic heterocycles. The topological polar surface area (TPSA) is 98.2 Å². The molecule has 0 spiro atoms. The average Bonchev–Trinajstić information content (AvgIpc) is 3.22. The van der Waals surface area contributed by atoms with Gasteiger partial charge in [0.25, 0.3) is 5.91 Å². The highest BCUT2D eigenvalue weighted by atomic mass is 16.6. The molecule has 1 aliphatic carbocycles. The standard InChI is InChI=1S/C24H21N3O4/c1-13-9-18-19(28)12-21(30-20(18)10-14(13)2)24(29)25-23-22(26-31-27-23)17-8-7-15-5-3-4-6-16(15)11-17/h7-12H,3-6H2,1-2H3,(H,25,27,29). The van der Waals surface area contributed by atoms with Crippen LogP contribution in [0.1, 0.15) is 45.7 Å². The lowest BCUT2D eigenvalue weighted by Crippen LogP contribution is -2.16. The summed E-state index contributed by atoms with van der Waals surface area (Å²) in [6.07, 6.45) is 4.47. The number of fused-ring (bicyclic) bond motifs is 2. The molecule has 0 fully saturated rings. The summed E-state index contributed by atoms with van der Waals surface area (Å²) in [6, 6.07) is 10.9. The van der Waals surface area contributed by atoms with Crippen LogP contribution in [-0.2, 0) is 12.8 Å². The zero-order valence-electron chi connectivity index (χ0n) is 17.3. The molecule has 1 N–H and O–H groups in total. The van der Waals surface area contributed by atoms with Gasteiger partial charge in [-0.15, -0.1) is 0 Å². The van der Waals surface area contributed by atoms with E-state index in [0.29, 0.717) is 16.7 Å². The maximum Gasteiger partial charge on any atom is 0.292 e. The van der Waals surface area contributed by atoms with Crippen LogP contribution in [0, 0.1) is 13.8 Å². The van der Waals surface area contributed by atoms with Gasteiger partial charge in [-0.1, -0.05) is 12.1 Å². The Morgan fingerprint density at radius 1 is 0.968 bits per heavy atom. The van der Waals surface area contributed by atoms with Crippen molar-refractivity contribution >= 4 is 22.7 Å². The molecule has 0 saturated carbocycles. The van der Waals surface area contributed by atoms with Crippen molar-refractivity contribution < 1.29 is 13.8 Å². The second-order valence-corrected chi connectivity index (χ2v) is 8.01. The van der Waals surface area contributed by atoms with E-state index in [1.54, 1.807) is 12.1 Å². The Morgan fingerprint density at radius 2 is 1.74 bits per heavy atom. The van der Waals surface area contributed by atoms with Crippen LogP contribution in [0.3, 0.4) is 0 Å². The van der Waals surface area contributed by atoms with Crippen LogP contribution >= 0.6 is 0 Å². The zero-order valence-corrected chi connectivity index (χ0v) is 17.3. The monoisotopic (exact) mass is 415 g/mol. The molecule has 0 unspecified atom stereocenters. The van der Waals surface area contributed by atoms with E-state index >= 15 is 0 Å². The van der Waals surface area contributed by atoms with Crippen LogP contribution < -0.4 is 10.7 Å². The third-order valence-electron chi connectivity index (χ3n) is 5.91. The number of hydrogen-bond acceptors (Lipinski definition) is 6. The van der Waals surface area contributed by atoms with Crippen molar-refractivity contribution in [2.75, 3.05) is 5.32 Å². The minimum absolute atomic E-state index is 0.0971. The molecule has 0 bridgehead atoms. The Morgan fingerprint density at radius 3 is 2.58 bits per heavy atom. The van der Waals surface area contributed by atoms with E-state index in [9.17, 15) is 9.59 Å². The van der Waals surface area contributed by atoms with Crippen LogP contribution in [0.4, 0.5) is 5.82 Å². The number of aromatic nitrogens is 2. The highest BCUT2D eigenvalue weighted by Crippen LogP contribution is 2.30. The van der Waals surface area contributed by atoms with Crippen LogP contribution in [-0.4, -0.2) is 16.2 Å². The third-order valence-corrected chi connectivity index (χ3v) is 5.91. The molecule has 2 aromatic heterocycles. The molecule has 7 heteroatoms. The van der Waals surface area contributed by atoms with Crippen LogP contribution in [0.25, 0.3) is 22.2 Å². The van der Waals surface area contributed by atoms with Crippen molar-refractivity contribution in [3.05, 3.63) is 74.6 Å². The largest absolute Gasteiger partial charge is 0.451 e. The predicted molar refractivity (Wildman–Crippen MR) is 116 cm³/mol. The summed E-state index contributed by atoms with van der Waals surface area (Å²) in [5.74, 6) is -0.504. The Labute approximate surface area is 178 Å². The molecule has 0 radical (unpaired) electrons. The van der Waals surface area contributed by atoms with Gasteiger partial charge in [0, 0.05) is 11.6 Å². The van der Waals surface area contributed by atoms with E-state index in [-0.39, 0.29) is 17.0 Å². The van der Waals surface area contributed by atoms with Crippen molar-refractivity contribution in [3.8, 4) is 11.3 Å². The van der Waals surface area contributed by atoms with Gasteiger partial charge in [0.15, 0.2) is 16.9 Å². The Balaban J connectivity index is 1.47. The molecule has 1 aliphatic rings. The van der Waals surface area contributed by atoms with Gasteiger partial charge in [0.2, 0.25) is 5.82 Å². The summed E-state index contributed by atoms with van der Waals surface area (Å²) in [5.41, 5.74) is 5.95. The van der Waals surface area contributed by atoms with Gasteiger partial charge in [0.1, 0.15) is 5.58 Å². The van der Waals surface area contributed by atoms with Gasteiger partial charge in [-0.2, -0.15) is 0 Å². The Kier molecular flexibility index (Phi) is 4.66. The van der Waals surface area contributed by atoms with Crippen molar-refractivity contribution in [3.63, 3.8) is 0 Å². The maximum absolute atomic E-state index is 12.8. The number of nitrogens with one attached hydrogen (secondary N) is 1. The first-order valence-electron chi connectivity index (χ1n) is 10.3. The van der Waals surface area contributed by atoms with E-state index in [1.165, 1.54) is 23.6 Å². The molecule has 1 amide bonds. The summed E-state index contributed by atoms with van der Waals surface area (Å²) >= 11 is 0. The molecular formula is C24H21N3O4. The van der Waals surface area contributed by atoms with E-state index in [2.05, 4.69) is 27.8 Å². The molecule has 4 aromatic rings. The molecular weight excluding hydrogens is 394 g/mol. The highest BCUT2D eigenvalue weighted by Gasteiger charge is 2.20. The number of carbonyl (C=O) groups excluding carboxylic acids is 1. The first kappa shape index (κ1) is 19.2. The summed E-state index contributed by atoms with van der Waals surface area (Å²) in [7, 11) is 0. The Bertz CT molecular complexity index is 1380. The third kappa shape index (κ3) is 3.52. The lowest BCUT2D eigenvalue weighted by molar-refractivity contribution is 0.0996. The number of amides is 1. The van der Waals surface area contributed by atoms with E-state index in [4.69, 9.17) is 9.05 Å². The fraction of sp³-hybridized carbons (Fsp3) is 0.250. The fourth-order valence-corrected chi connectivity index (χ4v) is 4.03. The Hall–Kier alpha value is -3.74. The second kappa shape index (κ2) is 7.50. The summed E-state index contributed by atoms with van der Waals surface area (Å²) < 4.78 is 10.6. The molecule has 2 heterocycles. The normalized spacial score (nSPS) is 13.2. The van der Waals surface area contributed by atoms with Crippen molar-refractivity contribution in [1.82, 2.24) is 10.3 Å². The van der Waals surface area contributed by atoms with Gasteiger partial charge in [-0.25, -0.2) is 4.63 Å². The number of nitrogens with zero attached hydrogens (tertiary/aromatic N) is 2. The smallest absolute Gasteiger partial charge is 0.292 e. The number of hydrogen-bond donors (Lipinski definition) is 1. The molecule has 156 valence electrons. The lowest BCUT2D eigenvalue weighted by atomic mass is 9.90. The molecule has 2 aromatic carbocycles.